The second-order valence-electron chi connectivity index (χ2n) is 6.01. The van der Waals surface area contributed by atoms with E-state index < -0.39 is 0 Å². The van der Waals surface area contributed by atoms with E-state index in [2.05, 4.69) is 48.4 Å². The van der Waals surface area contributed by atoms with Gasteiger partial charge in [0.05, 0.1) is 0 Å². The van der Waals surface area contributed by atoms with Crippen LogP contribution >= 0.6 is 11.6 Å². The molecule has 1 saturated carbocycles. The molecule has 4 heteroatoms. The summed E-state index contributed by atoms with van der Waals surface area (Å²) in [6.07, 6.45) is 3.80. The van der Waals surface area contributed by atoms with Gasteiger partial charge in [0.1, 0.15) is 0 Å². The summed E-state index contributed by atoms with van der Waals surface area (Å²) >= 11 is 6.15. The first-order valence-electron chi connectivity index (χ1n) is 7.44. The highest BCUT2D eigenvalue weighted by atomic mass is 35.5. The molecule has 1 N–H and O–H groups in total. The lowest BCUT2D eigenvalue weighted by molar-refractivity contribution is 0.401. The molecule has 1 aliphatic carbocycles. The minimum Gasteiger partial charge on any atom is -0.374 e. The van der Waals surface area contributed by atoms with Crippen LogP contribution < -0.4 is 10.2 Å². The monoisotopic (exact) mass is 295 g/mol. The molecular weight excluding hydrogens is 270 g/mol. The smallest absolute Gasteiger partial charge is 0.0410 e. The van der Waals surface area contributed by atoms with Crippen molar-refractivity contribution < 1.29 is 0 Å². The first-order chi connectivity index (χ1) is 9.56. The van der Waals surface area contributed by atoms with E-state index in [0.29, 0.717) is 0 Å². The third-order valence-electron chi connectivity index (χ3n) is 3.71. The Labute approximate surface area is 127 Å². The molecule has 112 valence electrons. The molecule has 0 atom stereocenters. The molecule has 0 saturated heterocycles. The summed E-state index contributed by atoms with van der Waals surface area (Å²) < 4.78 is 0. The fourth-order valence-electron chi connectivity index (χ4n) is 2.35. The Hall–Kier alpha value is -0.770. The average molecular weight is 296 g/mol. The van der Waals surface area contributed by atoms with Gasteiger partial charge in [-0.15, -0.1) is 0 Å². The fraction of sp³-hybridized carbons (Fsp3) is 0.625. The van der Waals surface area contributed by atoms with Crippen molar-refractivity contribution in [3.05, 3.63) is 28.8 Å². The standard InChI is InChI=1S/C16H26ClN3/c1-19(2)9-4-10-20(3)16-8-5-14(17)11-13(16)12-18-15-6-7-15/h5,8,11,15,18H,4,6-7,9-10,12H2,1-3H3. The number of rotatable bonds is 8. The van der Waals surface area contributed by atoms with Gasteiger partial charge in [-0.1, -0.05) is 11.6 Å². The van der Waals surface area contributed by atoms with Crippen LogP contribution in [0.25, 0.3) is 0 Å². The van der Waals surface area contributed by atoms with Crippen molar-refractivity contribution in [3.63, 3.8) is 0 Å². The number of benzene rings is 1. The molecule has 0 amide bonds. The molecule has 0 heterocycles. The zero-order valence-electron chi connectivity index (χ0n) is 12.8. The van der Waals surface area contributed by atoms with Crippen molar-refractivity contribution in [1.82, 2.24) is 10.2 Å². The van der Waals surface area contributed by atoms with E-state index in [-0.39, 0.29) is 0 Å². The van der Waals surface area contributed by atoms with Crippen molar-refractivity contribution in [2.45, 2.75) is 31.8 Å². The molecule has 1 aliphatic rings. The minimum absolute atomic E-state index is 0.723. The van der Waals surface area contributed by atoms with Gasteiger partial charge in [-0.2, -0.15) is 0 Å². The van der Waals surface area contributed by atoms with Crippen LogP contribution in [0.3, 0.4) is 0 Å². The normalized spacial score (nSPS) is 14.8. The number of hydrogen-bond donors (Lipinski definition) is 1. The molecule has 2 rings (SSSR count). The van der Waals surface area contributed by atoms with Crippen LogP contribution in [0.5, 0.6) is 0 Å². The number of anilines is 1. The van der Waals surface area contributed by atoms with Crippen LogP contribution in [0.15, 0.2) is 18.2 Å². The lowest BCUT2D eigenvalue weighted by atomic mass is 10.1. The van der Waals surface area contributed by atoms with Gasteiger partial charge in [-0.25, -0.2) is 0 Å². The van der Waals surface area contributed by atoms with Crippen LogP contribution in [0, 0.1) is 0 Å². The van der Waals surface area contributed by atoms with Crippen molar-refractivity contribution in [1.29, 1.82) is 0 Å². The first kappa shape index (κ1) is 15.6. The van der Waals surface area contributed by atoms with E-state index in [9.17, 15) is 0 Å². The Bertz CT molecular complexity index is 430. The Kier molecular flexibility index (Phi) is 5.70. The summed E-state index contributed by atoms with van der Waals surface area (Å²) in [6.45, 7) is 3.10. The predicted octanol–water partition coefficient (Wildman–Crippen LogP) is 2.98. The second-order valence-corrected chi connectivity index (χ2v) is 6.44. The van der Waals surface area contributed by atoms with E-state index >= 15 is 0 Å². The quantitative estimate of drug-likeness (QED) is 0.795. The molecule has 20 heavy (non-hydrogen) atoms. The Morgan fingerprint density at radius 2 is 1.95 bits per heavy atom. The van der Waals surface area contributed by atoms with Crippen molar-refractivity contribution in [2.24, 2.45) is 0 Å². The molecule has 3 nitrogen and oxygen atoms in total. The second kappa shape index (κ2) is 7.30. The van der Waals surface area contributed by atoms with Crippen LogP contribution in [-0.2, 0) is 6.54 Å². The number of hydrogen-bond acceptors (Lipinski definition) is 3. The lowest BCUT2D eigenvalue weighted by Gasteiger charge is -2.24. The lowest BCUT2D eigenvalue weighted by Crippen LogP contribution is -2.25. The molecule has 1 aromatic rings. The molecular formula is C16H26ClN3. The van der Waals surface area contributed by atoms with Gasteiger partial charge in [0.2, 0.25) is 0 Å². The van der Waals surface area contributed by atoms with Crippen molar-refractivity contribution in [3.8, 4) is 0 Å². The summed E-state index contributed by atoms with van der Waals surface area (Å²) in [5, 5.41) is 4.40. The molecule has 1 aromatic carbocycles. The minimum atomic E-state index is 0.723. The Morgan fingerprint density at radius 3 is 2.60 bits per heavy atom. The zero-order valence-corrected chi connectivity index (χ0v) is 13.6. The van der Waals surface area contributed by atoms with Gasteiger partial charge < -0.3 is 15.1 Å². The highest BCUT2D eigenvalue weighted by Crippen LogP contribution is 2.26. The Balaban J connectivity index is 1.96. The van der Waals surface area contributed by atoms with Gasteiger partial charge in [0, 0.05) is 36.9 Å². The van der Waals surface area contributed by atoms with E-state index in [4.69, 9.17) is 11.6 Å². The summed E-state index contributed by atoms with van der Waals surface area (Å²) in [7, 11) is 6.40. The van der Waals surface area contributed by atoms with Crippen LogP contribution in [-0.4, -0.2) is 45.2 Å². The summed E-state index contributed by atoms with van der Waals surface area (Å²) in [5.74, 6) is 0. The number of nitrogens with one attached hydrogen (secondary N) is 1. The van der Waals surface area contributed by atoms with Crippen LogP contribution in [0.2, 0.25) is 5.02 Å². The highest BCUT2D eigenvalue weighted by molar-refractivity contribution is 6.30. The molecule has 0 unspecified atom stereocenters. The molecule has 1 fully saturated rings. The van der Waals surface area contributed by atoms with Gasteiger partial charge in [-0.05, 0) is 63.7 Å². The maximum atomic E-state index is 6.15. The van der Waals surface area contributed by atoms with E-state index in [1.165, 1.54) is 30.5 Å². The van der Waals surface area contributed by atoms with Crippen LogP contribution in [0.4, 0.5) is 5.69 Å². The van der Waals surface area contributed by atoms with Gasteiger partial charge in [0.15, 0.2) is 0 Å². The average Bonchev–Trinajstić information content (AvgIpc) is 3.19. The highest BCUT2D eigenvalue weighted by Gasteiger charge is 2.20. The van der Waals surface area contributed by atoms with Gasteiger partial charge in [-0.3, -0.25) is 0 Å². The third kappa shape index (κ3) is 4.97. The van der Waals surface area contributed by atoms with Gasteiger partial charge >= 0.3 is 0 Å². The van der Waals surface area contributed by atoms with Gasteiger partial charge in [0.25, 0.3) is 0 Å². The SMILES string of the molecule is CN(C)CCCN(C)c1ccc(Cl)cc1CNC1CC1. The number of nitrogens with zero attached hydrogens (tertiary/aromatic N) is 2. The maximum absolute atomic E-state index is 6.15. The van der Waals surface area contributed by atoms with E-state index in [1.807, 2.05) is 6.07 Å². The summed E-state index contributed by atoms with van der Waals surface area (Å²) in [4.78, 5) is 4.56. The predicted molar refractivity (Wildman–Crippen MR) is 87.8 cm³/mol. The molecule has 0 radical (unpaired) electrons. The molecule has 0 aliphatic heterocycles. The molecule has 0 aromatic heterocycles. The molecule has 0 spiro atoms. The number of halogens is 1. The maximum Gasteiger partial charge on any atom is 0.0410 e. The zero-order chi connectivity index (χ0) is 14.5. The largest absolute Gasteiger partial charge is 0.374 e. The molecule has 0 bridgehead atoms. The van der Waals surface area contributed by atoms with E-state index in [1.54, 1.807) is 0 Å². The van der Waals surface area contributed by atoms with Crippen molar-refractivity contribution >= 4 is 17.3 Å². The van der Waals surface area contributed by atoms with E-state index in [0.717, 1.165) is 30.7 Å². The summed E-state index contributed by atoms with van der Waals surface area (Å²) in [6, 6.07) is 6.94. The summed E-state index contributed by atoms with van der Waals surface area (Å²) in [5.41, 5.74) is 2.60. The third-order valence-corrected chi connectivity index (χ3v) is 3.95. The fourth-order valence-corrected chi connectivity index (χ4v) is 2.55. The topological polar surface area (TPSA) is 18.5 Å². The Morgan fingerprint density at radius 1 is 1.20 bits per heavy atom. The van der Waals surface area contributed by atoms with Crippen LogP contribution in [0.1, 0.15) is 24.8 Å². The first-order valence-corrected chi connectivity index (χ1v) is 7.81. The van der Waals surface area contributed by atoms with Crippen molar-refractivity contribution in [2.75, 3.05) is 39.1 Å².